The van der Waals surface area contributed by atoms with Gasteiger partial charge in [-0.3, -0.25) is 0 Å². The molecule has 0 spiro atoms. The highest BCUT2D eigenvalue weighted by atomic mass is 16.5. The molecule has 0 unspecified atom stereocenters. The highest BCUT2D eigenvalue weighted by molar-refractivity contribution is 6.00. The average molecular weight is 673 g/mol. The van der Waals surface area contributed by atoms with Crippen molar-refractivity contribution < 1.29 is 9.53 Å². The van der Waals surface area contributed by atoms with Crippen LogP contribution in [0.3, 0.4) is 0 Å². The minimum atomic E-state index is -0.381. The number of carbonyl (C=O) groups excluding carboxylic acids is 1. The predicted molar refractivity (Wildman–Crippen MR) is 212 cm³/mol. The number of carbonyl (C=O) groups is 1. The zero-order valence-corrected chi connectivity index (χ0v) is 28.3. The topological polar surface area (TPSA) is 83.7 Å². The molecule has 4 aromatic carbocycles. The lowest BCUT2D eigenvalue weighted by Crippen LogP contribution is -2.00. The number of rotatable bonds is 5. The highest BCUT2D eigenvalue weighted by Crippen LogP contribution is 2.38. The van der Waals surface area contributed by atoms with Gasteiger partial charge in [0.15, 0.2) is 0 Å². The van der Waals surface area contributed by atoms with Gasteiger partial charge in [0.25, 0.3) is 0 Å². The van der Waals surface area contributed by atoms with Crippen molar-refractivity contribution in [2.24, 2.45) is 0 Å². The summed E-state index contributed by atoms with van der Waals surface area (Å²) in [4.78, 5) is 30.5. The van der Waals surface area contributed by atoms with Gasteiger partial charge in [-0.15, -0.1) is 0 Å². The second-order valence-corrected chi connectivity index (χ2v) is 12.7. The van der Waals surface area contributed by atoms with E-state index in [9.17, 15) is 4.79 Å². The summed E-state index contributed by atoms with van der Waals surface area (Å²) in [5.41, 5.74) is 15.6. The quantitative estimate of drug-likeness (QED) is 0.178. The summed E-state index contributed by atoms with van der Waals surface area (Å²) in [6.07, 6.45) is 8.31. The maximum atomic E-state index is 12.4. The van der Waals surface area contributed by atoms with Gasteiger partial charge >= 0.3 is 5.97 Å². The molecule has 2 aliphatic heterocycles. The van der Waals surface area contributed by atoms with Gasteiger partial charge in [0.2, 0.25) is 0 Å². The SMILES string of the molecule is COC(=O)c1ccc(-c2c3nc(c(-c4ccccc4)c4ccc([nH]4)c(-c4ccccc4)c4nc(cc5[nH]c2cc5-c2ccccc2)C=C4)C=C3)cc1. The molecule has 2 N–H and O–H groups in total. The second-order valence-electron chi connectivity index (χ2n) is 12.7. The number of nitrogens with zero attached hydrogens (tertiary/aromatic N) is 2. The van der Waals surface area contributed by atoms with Gasteiger partial charge in [-0.2, -0.15) is 0 Å². The number of aromatic nitrogens is 4. The van der Waals surface area contributed by atoms with Gasteiger partial charge in [-0.25, -0.2) is 14.8 Å². The molecule has 0 aliphatic carbocycles. The number of hydrogen-bond donors (Lipinski definition) is 2. The molecular weight excluding hydrogens is 641 g/mol. The Hall–Kier alpha value is -7.05. The Kier molecular flexibility index (Phi) is 7.75. The monoisotopic (exact) mass is 672 g/mol. The number of benzene rings is 4. The normalized spacial score (nSPS) is 11.9. The van der Waals surface area contributed by atoms with Crippen LogP contribution in [0.4, 0.5) is 0 Å². The number of methoxy groups -OCH3 is 1. The van der Waals surface area contributed by atoms with E-state index in [0.717, 1.165) is 89.4 Å². The van der Waals surface area contributed by atoms with Crippen LogP contribution < -0.4 is 0 Å². The summed E-state index contributed by atoms with van der Waals surface area (Å²) >= 11 is 0. The highest BCUT2D eigenvalue weighted by Gasteiger charge is 2.18. The molecule has 6 heteroatoms. The van der Waals surface area contributed by atoms with Crippen molar-refractivity contribution in [1.82, 2.24) is 19.9 Å². The molecular formula is C46H32N4O2. The maximum absolute atomic E-state index is 12.4. The second kappa shape index (κ2) is 13.0. The van der Waals surface area contributed by atoms with Crippen LogP contribution in [0.5, 0.6) is 0 Å². The number of fused-ring (bicyclic) bond motifs is 8. The third-order valence-corrected chi connectivity index (χ3v) is 9.51. The van der Waals surface area contributed by atoms with Crippen LogP contribution in [0.1, 0.15) is 33.1 Å². The van der Waals surface area contributed by atoms with Crippen LogP contribution in [-0.2, 0) is 4.74 Å². The van der Waals surface area contributed by atoms with E-state index >= 15 is 0 Å². The van der Waals surface area contributed by atoms with E-state index in [1.807, 2.05) is 42.5 Å². The smallest absolute Gasteiger partial charge is 0.337 e. The van der Waals surface area contributed by atoms with Crippen LogP contribution in [0.25, 0.3) is 90.9 Å². The molecule has 5 heterocycles. The molecule has 2 aliphatic rings. The number of ether oxygens (including phenoxy) is 1. The predicted octanol–water partition coefficient (Wildman–Crippen LogP) is 11.1. The molecule has 0 fully saturated rings. The van der Waals surface area contributed by atoms with E-state index in [1.165, 1.54) is 7.11 Å². The Morgan fingerprint density at radius 2 is 0.962 bits per heavy atom. The Bertz CT molecular complexity index is 2710. The molecule has 0 saturated carbocycles. The number of H-pyrrole nitrogens is 2. The minimum Gasteiger partial charge on any atom is -0.465 e. The van der Waals surface area contributed by atoms with Crippen molar-refractivity contribution in [3.8, 4) is 44.5 Å². The van der Waals surface area contributed by atoms with Gasteiger partial charge in [0.05, 0.1) is 35.4 Å². The van der Waals surface area contributed by atoms with Crippen molar-refractivity contribution in [2.45, 2.75) is 0 Å². The van der Waals surface area contributed by atoms with Crippen molar-refractivity contribution in [3.63, 3.8) is 0 Å². The van der Waals surface area contributed by atoms with E-state index < -0.39 is 0 Å². The molecule has 8 bridgehead atoms. The van der Waals surface area contributed by atoms with E-state index in [2.05, 4.69) is 119 Å². The van der Waals surface area contributed by atoms with Gasteiger partial charge in [-0.1, -0.05) is 103 Å². The molecule has 0 saturated heterocycles. The molecule has 6 nitrogen and oxygen atoms in total. The van der Waals surface area contributed by atoms with Crippen LogP contribution in [-0.4, -0.2) is 33.0 Å². The van der Waals surface area contributed by atoms with Crippen LogP contribution in [0, 0.1) is 0 Å². The molecule has 7 aromatic rings. The summed E-state index contributed by atoms with van der Waals surface area (Å²) in [7, 11) is 1.39. The molecule has 248 valence electrons. The van der Waals surface area contributed by atoms with E-state index in [1.54, 1.807) is 12.1 Å². The molecule has 0 amide bonds. The molecule has 52 heavy (non-hydrogen) atoms. The third-order valence-electron chi connectivity index (χ3n) is 9.51. The Balaban J connectivity index is 1.44. The Morgan fingerprint density at radius 1 is 0.481 bits per heavy atom. The zero-order valence-electron chi connectivity index (χ0n) is 28.3. The number of aromatic amines is 2. The first kappa shape index (κ1) is 31.0. The zero-order chi connectivity index (χ0) is 35.0. The van der Waals surface area contributed by atoms with Crippen molar-refractivity contribution in [2.75, 3.05) is 7.11 Å². The summed E-state index contributed by atoms with van der Waals surface area (Å²) in [6.45, 7) is 0. The molecule has 3 aromatic heterocycles. The third kappa shape index (κ3) is 5.62. The first-order valence-corrected chi connectivity index (χ1v) is 17.2. The van der Waals surface area contributed by atoms with E-state index in [4.69, 9.17) is 14.7 Å². The van der Waals surface area contributed by atoms with Gasteiger partial charge in [-0.05, 0) is 83.0 Å². The summed E-state index contributed by atoms with van der Waals surface area (Å²) in [5, 5.41) is 0. The number of nitrogens with one attached hydrogen (secondary N) is 2. The summed E-state index contributed by atoms with van der Waals surface area (Å²) in [6, 6.07) is 47.1. The van der Waals surface area contributed by atoms with Crippen molar-refractivity contribution in [1.29, 1.82) is 0 Å². The lowest BCUT2D eigenvalue weighted by Gasteiger charge is -2.06. The standard InChI is InChI=1S/C46H32N4O2/c1-52-46(51)33-19-17-32(18-20-33)45-40-26-25-39(49-40)44(31-15-9-4-10-16-31)38-24-23-37(48-38)43(30-13-7-3-8-14-30)36-22-21-34(47-36)27-41-35(28-42(45)50-41)29-11-5-2-6-12-29/h2-28,48,50H,1H3. The van der Waals surface area contributed by atoms with E-state index in [0.29, 0.717) is 5.56 Å². The summed E-state index contributed by atoms with van der Waals surface area (Å²) < 4.78 is 4.99. The maximum Gasteiger partial charge on any atom is 0.337 e. The molecule has 0 atom stereocenters. The number of esters is 1. The van der Waals surface area contributed by atoms with Crippen molar-refractivity contribution >= 4 is 52.3 Å². The largest absolute Gasteiger partial charge is 0.465 e. The minimum absolute atomic E-state index is 0.381. The lowest BCUT2D eigenvalue weighted by atomic mass is 10.0. The first-order chi connectivity index (χ1) is 25.6. The van der Waals surface area contributed by atoms with Crippen molar-refractivity contribution in [3.05, 3.63) is 168 Å². The number of hydrogen-bond acceptors (Lipinski definition) is 4. The van der Waals surface area contributed by atoms with Crippen LogP contribution in [0.2, 0.25) is 0 Å². The Labute approximate surface area is 300 Å². The summed E-state index contributed by atoms with van der Waals surface area (Å²) in [5.74, 6) is -0.381. The average Bonchev–Trinajstić information content (AvgIpc) is 4.03. The first-order valence-electron chi connectivity index (χ1n) is 17.2. The lowest BCUT2D eigenvalue weighted by molar-refractivity contribution is 0.0600. The van der Waals surface area contributed by atoms with Gasteiger partial charge in [0.1, 0.15) is 0 Å². The Morgan fingerprint density at radius 3 is 1.54 bits per heavy atom. The van der Waals surface area contributed by atoms with Crippen LogP contribution >= 0.6 is 0 Å². The fourth-order valence-electron chi connectivity index (χ4n) is 7.07. The van der Waals surface area contributed by atoms with Gasteiger partial charge in [0, 0.05) is 44.3 Å². The van der Waals surface area contributed by atoms with Crippen LogP contribution in [0.15, 0.2) is 140 Å². The van der Waals surface area contributed by atoms with Gasteiger partial charge < -0.3 is 14.7 Å². The molecule has 9 rings (SSSR count). The molecule has 0 radical (unpaired) electrons. The fourth-order valence-corrected chi connectivity index (χ4v) is 7.07. The fraction of sp³-hybridized carbons (Fsp3) is 0.0217. The van der Waals surface area contributed by atoms with E-state index in [-0.39, 0.29) is 5.97 Å².